The molecule has 24 heavy (non-hydrogen) atoms. The Morgan fingerprint density at radius 2 is 2.08 bits per heavy atom. The number of ether oxygens (including phenoxy) is 1. The fourth-order valence-electron chi connectivity index (χ4n) is 2.97. The van der Waals surface area contributed by atoms with Gasteiger partial charge in [-0.05, 0) is 54.3 Å². The second-order valence-corrected chi connectivity index (χ2v) is 6.26. The number of aromatic nitrogens is 4. The van der Waals surface area contributed by atoms with Crippen LogP contribution in [0.15, 0.2) is 24.3 Å². The summed E-state index contributed by atoms with van der Waals surface area (Å²) in [6.45, 7) is 3.33. The average Bonchev–Trinajstić information content (AvgIpc) is 2.99. The van der Waals surface area contributed by atoms with Gasteiger partial charge in [0, 0.05) is 19.6 Å². The van der Waals surface area contributed by atoms with Crippen molar-refractivity contribution in [2.45, 2.75) is 45.3 Å². The molecule has 7 nitrogen and oxygen atoms in total. The van der Waals surface area contributed by atoms with E-state index in [0.29, 0.717) is 24.9 Å². The molecule has 0 bridgehead atoms. The summed E-state index contributed by atoms with van der Waals surface area (Å²) in [7, 11) is 1.77. The average molecular weight is 329 g/mol. The van der Waals surface area contributed by atoms with E-state index in [4.69, 9.17) is 4.74 Å². The Labute approximate surface area is 141 Å². The summed E-state index contributed by atoms with van der Waals surface area (Å²) in [4.78, 5) is 14.5. The number of carbonyl (C=O) groups is 1. The SMILES string of the molecule is C[C@H]1CCCCN1C(=O)Cc1ccc(OCc2nnnn2C)cc1. The number of nitrogens with zero attached hydrogens (tertiary/aromatic N) is 5. The van der Waals surface area contributed by atoms with E-state index in [9.17, 15) is 4.79 Å². The molecule has 128 valence electrons. The van der Waals surface area contributed by atoms with E-state index in [0.717, 1.165) is 30.7 Å². The lowest BCUT2D eigenvalue weighted by Gasteiger charge is -2.33. The van der Waals surface area contributed by atoms with Crippen LogP contribution in [0.25, 0.3) is 0 Å². The van der Waals surface area contributed by atoms with Gasteiger partial charge in [-0.15, -0.1) is 5.10 Å². The molecule has 0 N–H and O–H groups in total. The van der Waals surface area contributed by atoms with E-state index in [1.807, 2.05) is 29.2 Å². The lowest BCUT2D eigenvalue weighted by atomic mass is 10.0. The summed E-state index contributed by atoms with van der Waals surface area (Å²) >= 11 is 0. The van der Waals surface area contributed by atoms with E-state index >= 15 is 0 Å². The van der Waals surface area contributed by atoms with Crippen molar-refractivity contribution in [1.29, 1.82) is 0 Å². The topological polar surface area (TPSA) is 73.1 Å². The largest absolute Gasteiger partial charge is 0.486 e. The smallest absolute Gasteiger partial charge is 0.227 e. The van der Waals surface area contributed by atoms with Crippen molar-refractivity contribution >= 4 is 5.91 Å². The fraction of sp³-hybridized carbons (Fsp3) is 0.529. The summed E-state index contributed by atoms with van der Waals surface area (Å²) in [6.07, 6.45) is 3.88. The third-order valence-corrected chi connectivity index (χ3v) is 4.48. The first kappa shape index (κ1) is 16.4. The lowest BCUT2D eigenvalue weighted by molar-refractivity contribution is -0.133. The predicted molar refractivity (Wildman–Crippen MR) is 88.3 cm³/mol. The molecule has 2 aromatic rings. The van der Waals surface area contributed by atoms with Crippen LogP contribution in [0.2, 0.25) is 0 Å². The van der Waals surface area contributed by atoms with Crippen LogP contribution >= 0.6 is 0 Å². The predicted octanol–water partition coefficient (Wildman–Crippen LogP) is 1.73. The second kappa shape index (κ2) is 7.42. The van der Waals surface area contributed by atoms with Crippen molar-refractivity contribution in [1.82, 2.24) is 25.1 Å². The number of tetrazole rings is 1. The maximum atomic E-state index is 12.5. The Hall–Kier alpha value is -2.44. The van der Waals surface area contributed by atoms with Crippen molar-refractivity contribution in [2.24, 2.45) is 7.05 Å². The molecule has 1 aliphatic heterocycles. The highest BCUT2D eigenvalue weighted by atomic mass is 16.5. The molecule has 1 amide bonds. The van der Waals surface area contributed by atoms with Gasteiger partial charge in [0.2, 0.25) is 5.91 Å². The summed E-state index contributed by atoms with van der Waals surface area (Å²) < 4.78 is 7.24. The molecule has 1 atom stereocenters. The minimum Gasteiger partial charge on any atom is -0.486 e. The van der Waals surface area contributed by atoms with E-state index in [1.165, 1.54) is 6.42 Å². The number of piperidine rings is 1. The summed E-state index contributed by atoms with van der Waals surface area (Å²) in [5.41, 5.74) is 1.01. The van der Waals surface area contributed by atoms with Crippen molar-refractivity contribution in [3.63, 3.8) is 0 Å². The molecule has 1 fully saturated rings. The molecule has 0 saturated carbocycles. The first-order chi connectivity index (χ1) is 11.6. The van der Waals surface area contributed by atoms with Gasteiger partial charge < -0.3 is 9.64 Å². The Balaban J connectivity index is 1.54. The highest BCUT2D eigenvalue weighted by molar-refractivity contribution is 5.79. The molecule has 1 aromatic carbocycles. The van der Waals surface area contributed by atoms with Crippen molar-refractivity contribution in [3.05, 3.63) is 35.7 Å². The minimum absolute atomic E-state index is 0.209. The minimum atomic E-state index is 0.209. The Bertz CT molecular complexity index is 683. The summed E-state index contributed by atoms with van der Waals surface area (Å²) in [5, 5.41) is 11.2. The number of hydrogen-bond donors (Lipinski definition) is 0. The number of benzene rings is 1. The van der Waals surface area contributed by atoms with E-state index in [2.05, 4.69) is 22.4 Å². The normalized spacial score (nSPS) is 17.8. The van der Waals surface area contributed by atoms with Crippen LogP contribution in [0.3, 0.4) is 0 Å². The molecule has 0 aliphatic carbocycles. The zero-order valence-electron chi connectivity index (χ0n) is 14.2. The molecule has 1 saturated heterocycles. The zero-order valence-corrected chi connectivity index (χ0v) is 14.2. The van der Waals surface area contributed by atoms with Crippen LogP contribution in [-0.2, 0) is 24.9 Å². The highest BCUT2D eigenvalue weighted by Crippen LogP contribution is 2.19. The first-order valence-corrected chi connectivity index (χ1v) is 8.36. The van der Waals surface area contributed by atoms with Gasteiger partial charge in [0.1, 0.15) is 12.4 Å². The molecule has 2 heterocycles. The van der Waals surface area contributed by atoms with Gasteiger partial charge in [-0.2, -0.15) is 0 Å². The quantitative estimate of drug-likeness (QED) is 0.835. The Kier molecular flexibility index (Phi) is 5.08. The van der Waals surface area contributed by atoms with Gasteiger partial charge in [-0.1, -0.05) is 12.1 Å². The number of hydrogen-bond acceptors (Lipinski definition) is 5. The number of amides is 1. The zero-order chi connectivity index (χ0) is 16.9. The molecule has 0 spiro atoms. The van der Waals surface area contributed by atoms with Crippen molar-refractivity contribution in [2.75, 3.05) is 6.54 Å². The number of aryl methyl sites for hydroxylation is 1. The van der Waals surface area contributed by atoms with Crippen LogP contribution < -0.4 is 4.74 Å². The van der Waals surface area contributed by atoms with E-state index in [-0.39, 0.29) is 5.91 Å². The highest BCUT2D eigenvalue weighted by Gasteiger charge is 2.22. The van der Waals surface area contributed by atoms with Crippen molar-refractivity contribution in [3.8, 4) is 5.75 Å². The molecule has 3 rings (SSSR count). The standard InChI is InChI=1S/C17H23N5O2/c1-13-5-3-4-10-22(13)17(23)11-14-6-8-15(9-7-14)24-12-16-18-19-20-21(16)2/h6-9,13H,3-5,10-12H2,1-2H3/t13-/m0/s1. The van der Waals surface area contributed by atoms with Gasteiger partial charge in [0.25, 0.3) is 0 Å². The van der Waals surface area contributed by atoms with Gasteiger partial charge >= 0.3 is 0 Å². The monoisotopic (exact) mass is 329 g/mol. The molecular weight excluding hydrogens is 306 g/mol. The Morgan fingerprint density at radius 3 is 2.75 bits per heavy atom. The van der Waals surface area contributed by atoms with Gasteiger partial charge in [-0.3, -0.25) is 4.79 Å². The summed E-state index contributed by atoms with van der Waals surface area (Å²) in [5.74, 6) is 1.61. The van der Waals surface area contributed by atoms with Crippen LogP contribution in [-0.4, -0.2) is 43.6 Å². The lowest BCUT2D eigenvalue weighted by Crippen LogP contribution is -2.42. The number of likely N-dealkylation sites (tertiary alicyclic amines) is 1. The molecule has 0 radical (unpaired) electrons. The van der Waals surface area contributed by atoms with Gasteiger partial charge in [-0.25, -0.2) is 4.68 Å². The van der Waals surface area contributed by atoms with Crippen LogP contribution in [0, 0.1) is 0 Å². The van der Waals surface area contributed by atoms with Crippen molar-refractivity contribution < 1.29 is 9.53 Å². The molecule has 0 unspecified atom stereocenters. The van der Waals surface area contributed by atoms with E-state index in [1.54, 1.807) is 11.7 Å². The van der Waals surface area contributed by atoms with E-state index < -0.39 is 0 Å². The summed E-state index contributed by atoms with van der Waals surface area (Å²) in [6, 6.07) is 8.00. The molecular formula is C17H23N5O2. The third kappa shape index (κ3) is 3.90. The third-order valence-electron chi connectivity index (χ3n) is 4.48. The number of rotatable bonds is 5. The Morgan fingerprint density at radius 1 is 1.29 bits per heavy atom. The maximum absolute atomic E-state index is 12.5. The first-order valence-electron chi connectivity index (χ1n) is 8.36. The molecule has 7 heteroatoms. The maximum Gasteiger partial charge on any atom is 0.227 e. The molecule has 1 aromatic heterocycles. The second-order valence-electron chi connectivity index (χ2n) is 6.26. The van der Waals surface area contributed by atoms with Gasteiger partial charge in [0.15, 0.2) is 5.82 Å². The van der Waals surface area contributed by atoms with Gasteiger partial charge in [0.05, 0.1) is 6.42 Å². The van der Waals surface area contributed by atoms with Crippen LogP contribution in [0.5, 0.6) is 5.75 Å². The van der Waals surface area contributed by atoms with Crippen LogP contribution in [0.4, 0.5) is 0 Å². The molecule has 1 aliphatic rings. The van der Waals surface area contributed by atoms with Crippen LogP contribution in [0.1, 0.15) is 37.6 Å². The fourth-order valence-corrected chi connectivity index (χ4v) is 2.97. The number of carbonyl (C=O) groups excluding carboxylic acids is 1.